The minimum Gasteiger partial charge on any atom is -0.394 e. The molecule has 0 unspecified atom stereocenters. The third-order valence-electron chi connectivity index (χ3n) is 7.50. The Morgan fingerprint density at radius 2 is 1.95 bits per heavy atom. The zero-order chi connectivity index (χ0) is 27.7. The second-order valence-electron chi connectivity index (χ2n) is 10.4. The molecule has 206 valence electrons. The summed E-state index contributed by atoms with van der Waals surface area (Å²) in [5, 5.41) is 6.09. The Balaban J connectivity index is 1.00. The number of nitrogens with zero attached hydrogens (tertiary/aromatic N) is 3. The van der Waals surface area contributed by atoms with Gasteiger partial charge in [-0.1, -0.05) is 12.1 Å². The van der Waals surface area contributed by atoms with E-state index in [0.717, 1.165) is 31.2 Å². The Hall–Kier alpha value is -3.57. The molecule has 4 heterocycles. The number of halogens is 2. The number of carbonyl (C=O) groups is 2. The smallest absolute Gasteiger partial charge is 0.394 e. The van der Waals surface area contributed by atoms with Gasteiger partial charge in [-0.25, -0.2) is 0 Å². The van der Waals surface area contributed by atoms with Crippen LogP contribution in [0.4, 0.5) is 8.63 Å². The third-order valence-corrected chi connectivity index (χ3v) is 7.50. The summed E-state index contributed by atoms with van der Waals surface area (Å²) in [4.78, 5) is 26.2. The van der Waals surface area contributed by atoms with Crippen LogP contribution < -0.4 is 10.6 Å². The highest BCUT2D eigenvalue weighted by atomic mass is 19.2. The molecule has 2 aromatic rings. The fraction of sp³-hybridized carbons (Fsp3) is 0.393. The number of carbonyl (C=O) groups excluding carboxylic acids is 2. The lowest BCUT2D eigenvalue weighted by Gasteiger charge is -2.30. The molecule has 0 spiro atoms. The van der Waals surface area contributed by atoms with E-state index >= 15 is 8.63 Å². The van der Waals surface area contributed by atoms with Crippen LogP contribution in [0.2, 0.25) is 0 Å². The van der Waals surface area contributed by atoms with E-state index in [2.05, 4.69) is 10.6 Å². The van der Waals surface area contributed by atoms with Crippen LogP contribution in [-0.4, -0.2) is 71.7 Å². The van der Waals surface area contributed by atoms with E-state index in [4.69, 9.17) is 4.74 Å². The van der Waals surface area contributed by atoms with Gasteiger partial charge in [-0.15, -0.1) is 0 Å². The van der Waals surface area contributed by atoms with E-state index < -0.39 is 6.97 Å². The number of nitrogens with one attached hydrogen (secondary N) is 2. The molecule has 8 nitrogen and oxygen atoms in total. The van der Waals surface area contributed by atoms with Crippen molar-refractivity contribution in [2.75, 3.05) is 33.4 Å². The summed E-state index contributed by atoms with van der Waals surface area (Å²) in [6, 6.07) is 7.74. The van der Waals surface area contributed by atoms with Crippen molar-refractivity contribution in [2.45, 2.75) is 39.8 Å². The van der Waals surface area contributed by atoms with E-state index in [9.17, 15) is 9.59 Å². The number of ether oxygens (including phenoxy) is 1. The number of fused-ring (bicyclic) bond motifs is 3. The lowest BCUT2D eigenvalue weighted by molar-refractivity contribution is -0.362. The quantitative estimate of drug-likeness (QED) is 0.342. The van der Waals surface area contributed by atoms with Crippen LogP contribution in [0.1, 0.15) is 51.3 Å². The van der Waals surface area contributed by atoms with E-state index in [0.29, 0.717) is 62.2 Å². The zero-order valence-electron chi connectivity index (χ0n) is 22.6. The molecule has 5 rings (SSSR count). The Bertz CT molecular complexity index is 1410. The standard InChI is InChI=1S/C28H34BF2N5O3/c1-19-14-20(2)35-26(19)16-24-7-6-23(36(24)29(35,30)31)8-9-27(37)33-11-13-39-12-10-32-17-21-4-5-22-18-34(3)28(38)25(22)15-21/h4-7,14-16,32H,8-13,17-18H2,1-3H3,(H,33,37). The van der Waals surface area contributed by atoms with Crippen molar-refractivity contribution < 1.29 is 27.4 Å². The molecule has 11 heteroatoms. The van der Waals surface area contributed by atoms with Crippen molar-refractivity contribution in [2.24, 2.45) is 0 Å². The summed E-state index contributed by atoms with van der Waals surface area (Å²) in [6.45, 7) is 2.63. The van der Waals surface area contributed by atoms with Gasteiger partial charge in [0.05, 0.1) is 13.2 Å². The summed E-state index contributed by atoms with van der Waals surface area (Å²) in [7, 11) is 1.80. The molecule has 3 aliphatic heterocycles. The number of benzene rings is 1. The van der Waals surface area contributed by atoms with E-state index in [1.54, 1.807) is 43.2 Å². The number of amides is 2. The van der Waals surface area contributed by atoms with Crippen LogP contribution in [0.3, 0.4) is 0 Å². The van der Waals surface area contributed by atoms with Crippen molar-refractivity contribution in [3.8, 4) is 0 Å². The maximum Gasteiger partial charge on any atom is 0.737 e. The molecule has 0 aliphatic carbocycles. The molecule has 1 aromatic carbocycles. The predicted molar refractivity (Wildman–Crippen MR) is 147 cm³/mol. The van der Waals surface area contributed by atoms with Gasteiger partial charge < -0.3 is 37.9 Å². The Morgan fingerprint density at radius 1 is 1.15 bits per heavy atom. The molecule has 3 aliphatic rings. The number of hydrogen-bond acceptors (Lipinski definition) is 4. The van der Waals surface area contributed by atoms with Gasteiger partial charge in [-0.05, 0) is 48.4 Å². The fourth-order valence-corrected chi connectivity index (χ4v) is 5.57. The molecular weight excluding hydrogens is 503 g/mol. The first-order valence-electron chi connectivity index (χ1n) is 13.3. The van der Waals surface area contributed by atoms with Gasteiger partial charge >= 0.3 is 6.97 Å². The molecule has 39 heavy (non-hydrogen) atoms. The lowest BCUT2D eigenvalue weighted by Crippen LogP contribution is -2.50. The fourth-order valence-electron chi connectivity index (χ4n) is 5.57. The number of hydrogen-bond donors (Lipinski definition) is 2. The maximum atomic E-state index is 15.5. The van der Waals surface area contributed by atoms with Crippen molar-refractivity contribution in [1.82, 2.24) is 20.0 Å². The van der Waals surface area contributed by atoms with Crippen LogP contribution in [0, 0.1) is 13.8 Å². The first-order chi connectivity index (χ1) is 18.7. The monoisotopic (exact) mass is 537 g/mol. The van der Waals surface area contributed by atoms with Crippen LogP contribution in [0.5, 0.6) is 0 Å². The highest BCUT2D eigenvalue weighted by molar-refractivity contribution is 6.58. The molecule has 1 aromatic heterocycles. The molecule has 0 bridgehead atoms. The molecule has 0 saturated heterocycles. The minimum atomic E-state index is -4.02. The topological polar surface area (TPSA) is 78.6 Å². The number of aromatic nitrogens is 1. The summed E-state index contributed by atoms with van der Waals surface area (Å²) in [6.07, 6.45) is 5.50. The molecular formula is C28H34BF2N5O3. The Morgan fingerprint density at radius 3 is 2.77 bits per heavy atom. The summed E-state index contributed by atoms with van der Waals surface area (Å²) in [5.74, 6) is -0.142. The molecule has 0 saturated carbocycles. The van der Waals surface area contributed by atoms with Gasteiger partial charge in [0.2, 0.25) is 5.91 Å². The van der Waals surface area contributed by atoms with Gasteiger partial charge in [0.1, 0.15) is 5.71 Å². The van der Waals surface area contributed by atoms with Crippen molar-refractivity contribution >= 4 is 30.6 Å². The molecule has 2 amide bonds. The largest absolute Gasteiger partial charge is 0.737 e. The van der Waals surface area contributed by atoms with Gasteiger partial charge in [0, 0.05) is 75.6 Å². The Kier molecular flexibility index (Phi) is 7.55. The van der Waals surface area contributed by atoms with Crippen LogP contribution in [0.25, 0.3) is 6.08 Å². The molecule has 2 N–H and O–H groups in total. The van der Waals surface area contributed by atoms with Crippen molar-refractivity contribution in [3.63, 3.8) is 0 Å². The highest BCUT2D eigenvalue weighted by Crippen LogP contribution is 2.34. The number of rotatable bonds is 11. The average molecular weight is 537 g/mol. The van der Waals surface area contributed by atoms with Crippen molar-refractivity contribution in [1.29, 1.82) is 0 Å². The zero-order valence-corrected chi connectivity index (χ0v) is 22.6. The average Bonchev–Trinajstić information content (AvgIpc) is 3.53. The predicted octanol–water partition coefficient (Wildman–Crippen LogP) is 2.99. The molecule has 0 radical (unpaired) electrons. The molecule has 0 fully saturated rings. The normalized spacial score (nSPS) is 16.9. The van der Waals surface area contributed by atoms with Gasteiger partial charge in [0.15, 0.2) is 5.70 Å². The second-order valence-corrected chi connectivity index (χ2v) is 10.4. The highest BCUT2D eigenvalue weighted by Gasteiger charge is 2.52. The second kappa shape index (κ2) is 10.9. The van der Waals surface area contributed by atoms with E-state index in [1.165, 1.54) is 0 Å². The number of allylic oxidation sites excluding steroid dienone is 2. The molecule has 0 atom stereocenters. The lowest BCUT2D eigenvalue weighted by atomic mass is 9.90. The first-order valence-corrected chi connectivity index (χ1v) is 13.3. The van der Waals surface area contributed by atoms with E-state index in [-0.39, 0.29) is 24.7 Å². The van der Waals surface area contributed by atoms with Gasteiger partial charge in [0.25, 0.3) is 5.91 Å². The summed E-state index contributed by atoms with van der Waals surface area (Å²) >= 11 is 0. The van der Waals surface area contributed by atoms with Crippen LogP contribution in [-0.2, 0) is 22.6 Å². The Labute approximate surface area is 227 Å². The minimum absolute atomic E-state index is 0.0584. The SMILES string of the molecule is Cc1cc(C)n2c1C=C1C=CC(CCC(=O)NCCOCCNCc3ccc4c(c3)C(=O)N(C)C4)=[N+]1[B-]2(F)F. The summed E-state index contributed by atoms with van der Waals surface area (Å²) in [5.41, 5.74) is 5.67. The summed E-state index contributed by atoms with van der Waals surface area (Å²) < 4.78 is 38.7. The van der Waals surface area contributed by atoms with Gasteiger partial charge in [-0.3, -0.25) is 9.59 Å². The maximum absolute atomic E-state index is 15.5. The number of aryl methyl sites for hydroxylation is 2. The van der Waals surface area contributed by atoms with Crippen LogP contribution >= 0.6 is 0 Å². The van der Waals surface area contributed by atoms with Crippen LogP contribution in [0.15, 0.2) is 42.1 Å². The first kappa shape index (κ1) is 27.0. The van der Waals surface area contributed by atoms with E-state index in [1.807, 2.05) is 25.1 Å². The third kappa shape index (κ3) is 5.33. The van der Waals surface area contributed by atoms with Crippen molar-refractivity contribution in [3.05, 3.63) is 75.8 Å². The van der Waals surface area contributed by atoms with Gasteiger partial charge in [-0.2, -0.15) is 0 Å².